The summed E-state index contributed by atoms with van der Waals surface area (Å²) in [5, 5.41) is 10.7. The molecule has 1 N–H and O–H groups in total. The Morgan fingerprint density at radius 3 is 2.78 bits per heavy atom. The van der Waals surface area contributed by atoms with Crippen LogP contribution in [0.3, 0.4) is 0 Å². The van der Waals surface area contributed by atoms with Crippen molar-refractivity contribution in [2.24, 2.45) is 7.05 Å². The third-order valence-electron chi connectivity index (χ3n) is 4.07. The molecule has 1 aliphatic carbocycles. The van der Waals surface area contributed by atoms with E-state index in [4.69, 9.17) is 4.98 Å². The molecule has 0 radical (unpaired) electrons. The van der Waals surface area contributed by atoms with Crippen molar-refractivity contribution in [3.05, 3.63) is 34.1 Å². The fraction of sp³-hybridized carbons (Fsp3) is 0.375. The summed E-state index contributed by atoms with van der Waals surface area (Å²) in [5.41, 5.74) is 4.11. The molecule has 0 unspecified atom stereocenters. The van der Waals surface area contributed by atoms with Gasteiger partial charge >= 0.3 is 0 Å². The van der Waals surface area contributed by atoms with E-state index >= 15 is 0 Å². The van der Waals surface area contributed by atoms with E-state index in [1.807, 2.05) is 32.3 Å². The average Bonchev–Trinajstić information content (AvgIpc) is 3.23. The maximum absolute atomic E-state index is 12.8. The lowest BCUT2D eigenvalue weighted by Gasteiger charge is -2.07. The molecule has 3 heterocycles. The lowest BCUT2D eigenvalue weighted by atomic mass is 10.1. The Bertz CT molecular complexity index is 922. The second kappa shape index (κ2) is 5.13. The standard InChI is InChI=1S/C16H17N5OS/c1-8-7-23-16(17-8)19-15(22)11-6-12(10-4-5-10)18-14-13(11)9(2)20-21(14)3/h6-7,10H,4-5H2,1-3H3,(H,17,19,22). The second-order valence-electron chi connectivity index (χ2n) is 6.02. The van der Waals surface area contributed by atoms with E-state index in [9.17, 15) is 4.79 Å². The topological polar surface area (TPSA) is 72.7 Å². The first-order valence-corrected chi connectivity index (χ1v) is 8.48. The van der Waals surface area contributed by atoms with Crippen LogP contribution in [0.15, 0.2) is 11.4 Å². The molecule has 0 aliphatic heterocycles. The Morgan fingerprint density at radius 1 is 1.35 bits per heavy atom. The quantitative estimate of drug-likeness (QED) is 0.802. The van der Waals surface area contributed by atoms with E-state index in [1.54, 1.807) is 4.68 Å². The highest BCUT2D eigenvalue weighted by atomic mass is 32.1. The molecule has 1 saturated carbocycles. The third kappa shape index (κ3) is 2.50. The second-order valence-corrected chi connectivity index (χ2v) is 6.88. The molecule has 0 spiro atoms. The Hall–Kier alpha value is -2.28. The molecule has 3 aromatic rings. The maximum Gasteiger partial charge on any atom is 0.258 e. The number of aromatic nitrogens is 4. The minimum absolute atomic E-state index is 0.148. The van der Waals surface area contributed by atoms with E-state index in [2.05, 4.69) is 15.4 Å². The first-order chi connectivity index (χ1) is 11.0. The van der Waals surface area contributed by atoms with Crippen molar-refractivity contribution in [2.45, 2.75) is 32.6 Å². The number of anilines is 1. The Kier molecular flexibility index (Phi) is 3.19. The third-order valence-corrected chi connectivity index (χ3v) is 4.94. The molecule has 1 aliphatic rings. The van der Waals surface area contributed by atoms with Crippen LogP contribution in [0.5, 0.6) is 0 Å². The number of hydrogen-bond donors (Lipinski definition) is 1. The SMILES string of the molecule is Cc1csc(NC(=O)c2cc(C3CC3)nc3c2c(C)nn3C)n1. The molecule has 118 valence electrons. The lowest BCUT2D eigenvalue weighted by molar-refractivity contribution is 0.102. The van der Waals surface area contributed by atoms with Gasteiger partial charge in [-0.25, -0.2) is 9.97 Å². The molecule has 1 fully saturated rings. The van der Waals surface area contributed by atoms with E-state index in [-0.39, 0.29) is 5.91 Å². The molecule has 0 aromatic carbocycles. The number of amides is 1. The zero-order valence-corrected chi connectivity index (χ0v) is 14.1. The monoisotopic (exact) mass is 327 g/mol. The first-order valence-electron chi connectivity index (χ1n) is 7.60. The van der Waals surface area contributed by atoms with Gasteiger partial charge in [0.05, 0.1) is 22.3 Å². The number of nitrogens with zero attached hydrogens (tertiary/aromatic N) is 4. The minimum Gasteiger partial charge on any atom is -0.298 e. The first kappa shape index (κ1) is 14.3. The van der Waals surface area contributed by atoms with Crippen molar-refractivity contribution < 1.29 is 4.79 Å². The van der Waals surface area contributed by atoms with Gasteiger partial charge in [-0.3, -0.25) is 14.8 Å². The highest BCUT2D eigenvalue weighted by Gasteiger charge is 2.28. The number of fused-ring (bicyclic) bond motifs is 1. The minimum atomic E-state index is -0.148. The lowest BCUT2D eigenvalue weighted by Crippen LogP contribution is -2.13. The van der Waals surface area contributed by atoms with Crippen LogP contribution in [0, 0.1) is 13.8 Å². The summed E-state index contributed by atoms with van der Waals surface area (Å²) in [7, 11) is 1.87. The predicted octanol–water partition coefficient (Wildman–Crippen LogP) is 3.17. The summed E-state index contributed by atoms with van der Waals surface area (Å²) >= 11 is 1.43. The van der Waals surface area contributed by atoms with Gasteiger partial charge in [0.2, 0.25) is 0 Å². The molecule has 3 aromatic heterocycles. The molecule has 23 heavy (non-hydrogen) atoms. The number of rotatable bonds is 3. The number of aryl methyl sites for hydroxylation is 3. The molecule has 0 saturated heterocycles. The average molecular weight is 327 g/mol. The Morgan fingerprint density at radius 2 is 2.13 bits per heavy atom. The predicted molar refractivity (Wildman–Crippen MR) is 90.0 cm³/mol. The zero-order valence-electron chi connectivity index (χ0n) is 13.3. The van der Waals surface area contributed by atoms with Crippen molar-refractivity contribution in [3.8, 4) is 0 Å². The molecule has 7 heteroatoms. The van der Waals surface area contributed by atoms with Crippen LogP contribution in [0.2, 0.25) is 0 Å². The summed E-state index contributed by atoms with van der Waals surface area (Å²) < 4.78 is 1.75. The molecular weight excluding hydrogens is 310 g/mol. The van der Waals surface area contributed by atoms with E-state index in [1.165, 1.54) is 11.3 Å². The Balaban J connectivity index is 1.82. The van der Waals surface area contributed by atoms with Gasteiger partial charge < -0.3 is 0 Å². The van der Waals surface area contributed by atoms with Crippen LogP contribution in [0.25, 0.3) is 11.0 Å². The Labute approximate surface area is 137 Å². The fourth-order valence-corrected chi connectivity index (χ4v) is 3.49. The number of carbonyl (C=O) groups excluding carboxylic acids is 1. The van der Waals surface area contributed by atoms with Crippen LogP contribution in [-0.2, 0) is 7.05 Å². The van der Waals surface area contributed by atoms with Gasteiger partial charge in [0, 0.05) is 24.0 Å². The van der Waals surface area contributed by atoms with Gasteiger partial charge in [-0.1, -0.05) is 0 Å². The van der Waals surface area contributed by atoms with Crippen LogP contribution in [0.1, 0.15) is 46.2 Å². The molecule has 1 amide bonds. The van der Waals surface area contributed by atoms with Crippen LogP contribution in [0.4, 0.5) is 5.13 Å². The van der Waals surface area contributed by atoms with Crippen LogP contribution < -0.4 is 5.32 Å². The van der Waals surface area contributed by atoms with Gasteiger partial charge in [-0.15, -0.1) is 11.3 Å². The largest absolute Gasteiger partial charge is 0.298 e. The number of thiazole rings is 1. The maximum atomic E-state index is 12.8. The molecular formula is C16H17N5OS. The summed E-state index contributed by atoms with van der Waals surface area (Å²) in [6, 6.07) is 1.92. The summed E-state index contributed by atoms with van der Waals surface area (Å²) in [5.74, 6) is 0.327. The summed E-state index contributed by atoms with van der Waals surface area (Å²) in [6.07, 6.45) is 2.28. The van der Waals surface area contributed by atoms with Crippen molar-refractivity contribution >= 4 is 33.4 Å². The van der Waals surface area contributed by atoms with Gasteiger partial charge in [0.15, 0.2) is 10.8 Å². The van der Waals surface area contributed by atoms with Crippen molar-refractivity contribution in [3.63, 3.8) is 0 Å². The smallest absolute Gasteiger partial charge is 0.258 e. The van der Waals surface area contributed by atoms with Crippen LogP contribution in [-0.4, -0.2) is 25.7 Å². The van der Waals surface area contributed by atoms with E-state index < -0.39 is 0 Å². The van der Waals surface area contributed by atoms with Gasteiger partial charge in [-0.05, 0) is 32.8 Å². The molecule has 4 rings (SSSR count). The van der Waals surface area contributed by atoms with Crippen molar-refractivity contribution in [2.75, 3.05) is 5.32 Å². The van der Waals surface area contributed by atoms with Gasteiger partial charge in [0.25, 0.3) is 5.91 Å². The normalized spacial score (nSPS) is 14.4. The zero-order chi connectivity index (χ0) is 16.1. The molecule has 0 atom stereocenters. The van der Waals surface area contributed by atoms with Crippen LogP contribution >= 0.6 is 11.3 Å². The fourth-order valence-electron chi connectivity index (χ4n) is 2.81. The number of carbonyl (C=O) groups is 1. The van der Waals surface area contributed by atoms with E-state index in [0.717, 1.165) is 41.0 Å². The highest BCUT2D eigenvalue weighted by molar-refractivity contribution is 7.13. The highest BCUT2D eigenvalue weighted by Crippen LogP contribution is 2.40. The number of pyridine rings is 1. The summed E-state index contributed by atoms with van der Waals surface area (Å²) in [4.78, 5) is 21.8. The molecule has 6 nitrogen and oxygen atoms in total. The summed E-state index contributed by atoms with van der Waals surface area (Å²) in [6.45, 7) is 3.82. The van der Waals surface area contributed by atoms with Gasteiger partial charge in [0.1, 0.15) is 0 Å². The van der Waals surface area contributed by atoms with Crippen molar-refractivity contribution in [1.82, 2.24) is 19.7 Å². The number of hydrogen-bond acceptors (Lipinski definition) is 5. The van der Waals surface area contributed by atoms with Crippen molar-refractivity contribution in [1.29, 1.82) is 0 Å². The molecule has 0 bridgehead atoms. The number of nitrogens with one attached hydrogen (secondary N) is 1. The van der Waals surface area contributed by atoms with Gasteiger partial charge in [-0.2, -0.15) is 5.10 Å². The van der Waals surface area contributed by atoms with E-state index in [0.29, 0.717) is 16.6 Å².